The van der Waals surface area contributed by atoms with Crippen LogP contribution in [-0.4, -0.2) is 0 Å². The fraction of sp³-hybridized carbons (Fsp3) is 0.368. The van der Waals surface area contributed by atoms with Crippen molar-refractivity contribution in [3.63, 3.8) is 0 Å². The van der Waals surface area contributed by atoms with Crippen LogP contribution in [0.25, 0.3) is 0 Å². The van der Waals surface area contributed by atoms with Crippen molar-refractivity contribution < 1.29 is 17.6 Å². The van der Waals surface area contributed by atoms with Gasteiger partial charge >= 0.3 is 6.18 Å². The lowest BCUT2D eigenvalue weighted by atomic mass is 10.1. The molecule has 23 heavy (non-hydrogen) atoms. The zero-order valence-corrected chi connectivity index (χ0v) is 14.0. The Morgan fingerprint density at radius 3 is 1.70 bits per heavy atom. The minimum Gasteiger partial charge on any atom is -0.212 e. The molecule has 0 heterocycles. The van der Waals surface area contributed by atoms with Crippen LogP contribution in [0.5, 0.6) is 0 Å². The minimum absolute atomic E-state index is 0.00981. The Balaban J connectivity index is 0.000000354. The van der Waals surface area contributed by atoms with Crippen LogP contribution < -0.4 is 0 Å². The van der Waals surface area contributed by atoms with Crippen LogP contribution in [0.2, 0.25) is 0 Å². The molecule has 0 aromatic heterocycles. The van der Waals surface area contributed by atoms with Gasteiger partial charge in [-0.25, -0.2) is 4.39 Å². The summed E-state index contributed by atoms with van der Waals surface area (Å²) >= 11 is 0. The van der Waals surface area contributed by atoms with Crippen molar-refractivity contribution in [1.82, 2.24) is 0 Å². The molecule has 0 bridgehead atoms. The van der Waals surface area contributed by atoms with Crippen molar-refractivity contribution in [3.05, 3.63) is 71.1 Å². The summed E-state index contributed by atoms with van der Waals surface area (Å²) in [5, 5.41) is 0. The number of halogens is 4. The smallest absolute Gasteiger partial charge is 0.212 e. The van der Waals surface area contributed by atoms with Crippen LogP contribution in [0.3, 0.4) is 0 Å². The van der Waals surface area contributed by atoms with E-state index in [1.54, 1.807) is 13.0 Å². The number of aryl methyl sites for hydroxylation is 1. The first kappa shape index (κ1) is 21.2. The first-order valence-electron chi connectivity index (χ1n) is 7.43. The Labute approximate surface area is 136 Å². The third-order valence-electron chi connectivity index (χ3n) is 3.02. The van der Waals surface area contributed by atoms with Crippen LogP contribution >= 0.6 is 0 Å². The molecule has 0 amide bonds. The predicted octanol–water partition coefficient (Wildman–Crippen LogP) is 7.18. The third kappa shape index (κ3) is 10.5. The first-order chi connectivity index (χ1) is 10.7. The van der Waals surface area contributed by atoms with Crippen LogP contribution in [0, 0.1) is 6.92 Å². The molecule has 0 radical (unpaired) electrons. The predicted molar refractivity (Wildman–Crippen MR) is 88.9 cm³/mol. The number of benzene rings is 1. The Hall–Kier alpha value is -1.84. The first-order valence-corrected chi connectivity index (χ1v) is 7.43. The Kier molecular flexibility index (Phi) is 9.95. The molecule has 0 atom stereocenters. The van der Waals surface area contributed by atoms with Crippen molar-refractivity contribution >= 4 is 0 Å². The van der Waals surface area contributed by atoms with E-state index in [1.807, 2.05) is 39.0 Å². The highest BCUT2D eigenvalue weighted by Crippen LogP contribution is 2.28. The van der Waals surface area contributed by atoms with Gasteiger partial charge in [-0.3, -0.25) is 0 Å². The quantitative estimate of drug-likeness (QED) is 0.349. The fourth-order valence-electron chi connectivity index (χ4n) is 1.46. The van der Waals surface area contributed by atoms with Gasteiger partial charge in [0, 0.05) is 6.42 Å². The normalized spacial score (nSPS) is 14.1. The largest absolute Gasteiger partial charge is 0.416 e. The average molecular weight is 328 g/mol. The lowest BCUT2D eigenvalue weighted by molar-refractivity contribution is -0.137. The second kappa shape index (κ2) is 10.8. The molecule has 0 unspecified atom stereocenters. The molecule has 0 N–H and O–H groups in total. The van der Waals surface area contributed by atoms with Crippen molar-refractivity contribution in [2.24, 2.45) is 0 Å². The Bertz CT molecular complexity index is 509. The molecule has 128 valence electrons. The lowest BCUT2D eigenvalue weighted by Crippen LogP contribution is -2.03. The van der Waals surface area contributed by atoms with Gasteiger partial charge in [-0.15, -0.1) is 0 Å². The van der Waals surface area contributed by atoms with Gasteiger partial charge in [0.25, 0.3) is 0 Å². The zero-order valence-electron chi connectivity index (χ0n) is 14.0. The number of hydrogen-bond acceptors (Lipinski definition) is 0. The monoisotopic (exact) mass is 328 g/mol. The molecule has 0 nitrogen and oxygen atoms in total. The second-order valence-corrected chi connectivity index (χ2v) is 5.16. The number of hydrogen-bond donors (Lipinski definition) is 0. The van der Waals surface area contributed by atoms with Gasteiger partial charge in [0.2, 0.25) is 0 Å². The van der Waals surface area contributed by atoms with E-state index in [4.69, 9.17) is 0 Å². The number of alkyl halides is 3. The van der Waals surface area contributed by atoms with Crippen LogP contribution in [-0.2, 0) is 6.18 Å². The van der Waals surface area contributed by atoms with E-state index in [9.17, 15) is 17.6 Å². The van der Waals surface area contributed by atoms with E-state index in [1.165, 1.54) is 17.7 Å². The highest BCUT2D eigenvalue weighted by molar-refractivity contribution is 5.23. The van der Waals surface area contributed by atoms with E-state index >= 15 is 0 Å². The van der Waals surface area contributed by atoms with Crippen molar-refractivity contribution in [3.8, 4) is 0 Å². The topological polar surface area (TPSA) is 0 Å². The second-order valence-electron chi connectivity index (χ2n) is 5.16. The summed E-state index contributed by atoms with van der Waals surface area (Å²) in [6.07, 6.45) is 4.65. The molecule has 4 heteroatoms. The van der Waals surface area contributed by atoms with E-state index in [0.717, 1.165) is 24.1 Å². The number of rotatable bonds is 0. The number of allylic oxidation sites excluding steroid dienone is 6. The van der Waals surface area contributed by atoms with E-state index in [2.05, 4.69) is 0 Å². The molecular weight excluding hydrogens is 304 g/mol. The lowest BCUT2D eigenvalue weighted by Gasteiger charge is -2.05. The van der Waals surface area contributed by atoms with Gasteiger partial charge in [0.15, 0.2) is 0 Å². The van der Waals surface area contributed by atoms with E-state index in [0.29, 0.717) is 6.42 Å². The van der Waals surface area contributed by atoms with E-state index in [-0.39, 0.29) is 5.83 Å². The summed E-state index contributed by atoms with van der Waals surface area (Å²) in [5.41, 5.74) is 1.51. The average Bonchev–Trinajstić information content (AvgIpc) is 2.51. The summed E-state index contributed by atoms with van der Waals surface area (Å²) in [6.45, 7) is 7.77. The maximum Gasteiger partial charge on any atom is 0.416 e. The Morgan fingerprint density at radius 1 is 0.870 bits per heavy atom. The summed E-state index contributed by atoms with van der Waals surface area (Å²) in [5.74, 6) is 0.00981. The van der Waals surface area contributed by atoms with E-state index < -0.39 is 11.7 Å². The summed E-state index contributed by atoms with van der Waals surface area (Å²) in [7, 11) is 0. The van der Waals surface area contributed by atoms with Gasteiger partial charge in [-0.05, 0) is 52.3 Å². The maximum atomic E-state index is 12.2. The molecular formula is C19H24F4. The molecule has 1 aromatic rings. The molecule has 0 saturated heterocycles. The molecule has 1 aliphatic rings. The van der Waals surface area contributed by atoms with Gasteiger partial charge in [0.05, 0.1) is 5.56 Å². The molecule has 0 fully saturated rings. The van der Waals surface area contributed by atoms with Crippen molar-refractivity contribution in [2.75, 3.05) is 0 Å². The van der Waals surface area contributed by atoms with Gasteiger partial charge in [-0.2, -0.15) is 13.2 Å². The standard InChI is InChI=1S/C8H7F3.C7H9F.C4H8/c1-6-2-4-7(5-3-6)8(9,10)11;1-6-2-4-7(8)5-3-6;1-3-4-2/h2-5H,1H3;2,4H,3,5H2,1H3;3-4H,1-2H3. The molecule has 2 rings (SSSR count). The molecule has 0 spiro atoms. The van der Waals surface area contributed by atoms with Crippen LogP contribution in [0.1, 0.15) is 44.7 Å². The summed E-state index contributed by atoms with van der Waals surface area (Å²) < 4.78 is 47.9. The van der Waals surface area contributed by atoms with Gasteiger partial charge in [0.1, 0.15) is 5.83 Å². The van der Waals surface area contributed by atoms with Crippen LogP contribution in [0.15, 0.2) is 60.0 Å². The molecule has 1 aromatic carbocycles. The summed E-state index contributed by atoms with van der Waals surface area (Å²) in [6, 6.07) is 5.05. The zero-order chi connectivity index (χ0) is 17.9. The van der Waals surface area contributed by atoms with Crippen molar-refractivity contribution in [1.29, 1.82) is 0 Å². The molecule has 0 aliphatic heterocycles. The highest BCUT2D eigenvalue weighted by Gasteiger charge is 2.29. The SMILES string of the molecule is CC1=CC=C(F)CC1.CC=CC.Cc1ccc(C(F)(F)F)cc1. The maximum absolute atomic E-state index is 12.2. The molecule has 0 saturated carbocycles. The van der Waals surface area contributed by atoms with Crippen molar-refractivity contribution in [2.45, 2.75) is 46.7 Å². The highest BCUT2D eigenvalue weighted by atomic mass is 19.4. The minimum atomic E-state index is -4.21. The molecule has 1 aliphatic carbocycles. The fourth-order valence-corrected chi connectivity index (χ4v) is 1.46. The summed E-state index contributed by atoms with van der Waals surface area (Å²) in [4.78, 5) is 0. The third-order valence-corrected chi connectivity index (χ3v) is 3.02. The Morgan fingerprint density at radius 2 is 1.39 bits per heavy atom. The van der Waals surface area contributed by atoms with Crippen LogP contribution in [0.4, 0.5) is 17.6 Å². The van der Waals surface area contributed by atoms with Gasteiger partial charge < -0.3 is 0 Å². The van der Waals surface area contributed by atoms with Gasteiger partial charge in [-0.1, -0.05) is 41.5 Å².